The summed E-state index contributed by atoms with van der Waals surface area (Å²) in [7, 11) is 0. The lowest BCUT2D eigenvalue weighted by Crippen LogP contribution is -2.62. The molecule has 0 bridgehead atoms. The number of rotatable bonds is 13. The van der Waals surface area contributed by atoms with Crippen LogP contribution in [0, 0.1) is 63.1 Å². The Labute approximate surface area is 254 Å². The van der Waals surface area contributed by atoms with Crippen LogP contribution in [0.15, 0.2) is 0 Å². The van der Waals surface area contributed by atoms with Crippen LogP contribution in [0.3, 0.4) is 0 Å². The minimum absolute atomic E-state index is 0.261. The molecule has 0 aromatic rings. The van der Waals surface area contributed by atoms with Crippen molar-refractivity contribution >= 4 is 5.91 Å². The van der Waals surface area contributed by atoms with Crippen molar-refractivity contribution in [3.8, 4) is 0 Å². The molecule has 4 aliphatic rings. The van der Waals surface area contributed by atoms with Crippen molar-refractivity contribution in [1.82, 2.24) is 10.6 Å². The first kappa shape index (κ1) is 33.3. The van der Waals surface area contributed by atoms with Crippen molar-refractivity contribution in [1.29, 1.82) is 0 Å². The van der Waals surface area contributed by atoms with Gasteiger partial charge < -0.3 is 16.4 Å². The van der Waals surface area contributed by atoms with E-state index in [4.69, 9.17) is 5.73 Å². The van der Waals surface area contributed by atoms with Crippen molar-refractivity contribution < 1.29 is 4.79 Å². The summed E-state index contributed by atoms with van der Waals surface area (Å²) in [5.74, 6) is 5.72. The molecule has 4 N–H and O–H groups in total. The molecule has 0 spiro atoms. The number of nitrogens with two attached hydrogens (primary N) is 1. The zero-order valence-electron chi connectivity index (χ0n) is 28.5. The van der Waals surface area contributed by atoms with E-state index in [0.29, 0.717) is 39.9 Å². The lowest BCUT2D eigenvalue weighted by atomic mass is 9.36. The minimum atomic E-state index is -0.261. The molecule has 0 aromatic carbocycles. The van der Waals surface area contributed by atoms with Gasteiger partial charge in [-0.25, -0.2) is 0 Å². The minimum Gasteiger partial charge on any atom is -0.356 e. The van der Waals surface area contributed by atoms with E-state index in [2.05, 4.69) is 66.0 Å². The summed E-state index contributed by atoms with van der Waals surface area (Å²) in [5.41, 5.74) is 6.62. The van der Waals surface area contributed by atoms with Crippen LogP contribution in [0.25, 0.3) is 0 Å². The van der Waals surface area contributed by atoms with Gasteiger partial charge in [0.25, 0.3) is 0 Å². The van der Waals surface area contributed by atoms with Gasteiger partial charge in [0.15, 0.2) is 0 Å². The van der Waals surface area contributed by atoms with Crippen molar-refractivity contribution in [3.63, 3.8) is 0 Å². The van der Waals surface area contributed by atoms with Gasteiger partial charge in [0.1, 0.15) is 0 Å². The maximum atomic E-state index is 14.2. The normalized spacial score (nSPS) is 41.8. The van der Waals surface area contributed by atoms with Crippen molar-refractivity contribution in [2.75, 3.05) is 26.2 Å². The fraction of sp³-hybridized carbons (Fsp3) is 0.973. The van der Waals surface area contributed by atoms with Crippen LogP contribution in [0.2, 0.25) is 0 Å². The molecule has 1 amide bonds. The average molecular weight is 572 g/mol. The van der Waals surface area contributed by atoms with Crippen LogP contribution < -0.4 is 16.4 Å². The van der Waals surface area contributed by atoms with Crippen molar-refractivity contribution in [2.45, 2.75) is 139 Å². The van der Waals surface area contributed by atoms with Crippen LogP contribution in [0.1, 0.15) is 139 Å². The summed E-state index contributed by atoms with van der Waals surface area (Å²) in [6.07, 6.45) is 16.4. The van der Waals surface area contributed by atoms with Gasteiger partial charge in [0, 0.05) is 12.0 Å². The third-order valence-electron chi connectivity index (χ3n) is 14.6. The average Bonchev–Trinajstić information content (AvgIpc) is 3.29. The van der Waals surface area contributed by atoms with Gasteiger partial charge in [-0.3, -0.25) is 4.79 Å². The largest absolute Gasteiger partial charge is 0.356 e. The highest BCUT2D eigenvalue weighted by Crippen LogP contribution is 2.75. The maximum absolute atomic E-state index is 14.2. The molecule has 0 aromatic heterocycles. The number of nitrogens with one attached hydrogen (secondary N) is 2. The topological polar surface area (TPSA) is 67.2 Å². The Balaban J connectivity index is 1.52. The van der Waals surface area contributed by atoms with Gasteiger partial charge in [-0.1, -0.05) is 68.2 Å². The number of fused-ring (bicyclic) bond motifs is 5. The Kier molecular flexibility index (Phi) is 10.7. The maximum Gasteiger partial charge on any atom is 0.226 e. The molecule has 4 aliphatic carbocycles. The molecule has 0 aliphatic heterocycles. The van der Waals surface area contributed by atoms with E-state index in [9.17, 15) is 4.79 Å². The van der Waals surface area contributed by atoms with E-state index in [1.807, 2.05) is 0 Å². The van der Waals surface area contributed by atoms with E-state index >= 15 is 0 Å². The monoisotopic (exact) mass is 572 g/mol. The molecule has 4 heteroatoms. The lowest BCUT2D eigenvalue weighted by Gasteiger charge is -2.68. The van der Waals surface area contributed by atoms with Crippen LogP contribution in [0.5, 0.6) is 0 Å². The Bertz CT molecular complexity index is 874. The van der Waals surface area contributed by atoms with Gasteiger partial charge in [-0.15, -0.1) is 0 Å². The summed E-state index contributed by atoms with van der Waals surface area (Å²) >= 11 is 0. The summed E-state index contributed by atoms with van der Waals surface area (Å²) in [6.45, 7) is 23.7. The van der Waals surface area contributed by atoms with Gasteiger partial charge in [-0.2, -0.15) is 0 Å². The second-order valence-corrected chi connectivity index (χ2v) is 16.9. The molecule has 6 unspecified atom stereocenters. The summed E-state index contributed by atoms with van der Waals surface area (Å²) < 4.78 is 0. The van der Waals surface area contributed by atoms with Crippen molar-refractivity contribution in [3.05, 3.63) is 0 Å². The highest BCUT2D eigenvalue weighted by molar-refractivity contribution is 5.82. The van der Waals surface area contributed by atoms with E-state index in [0.717, 1.165) is 75.5 Å². The molecule has 0 radical (unpaired) electrons. The molecule has 4 nitrogen and oxygen atoms in total. The SMILES string of the molecule is CC(C)CCCC(C)(C(=O)NCCCNCCCN)[C@H]1CCC2(C)C1CCC1C3(C)CC[C@@H](C)[C@@H](C)C3CC[C@@]12C. The van der Waals surface area contributed by atoms with Crippen LogP contribution in [0.4, 0.5) is 0 Å². The molecular weight excluding hydrogens is 502 g/mol. The standard InChI is InChI=1S/C37H69N3O/c1-26(2)12-9-18-35(6,33(41)40-25-11-24-39-23-10-22-38)30-17-20-36(7)31(30)13-14-32-34(5)19-15-27(3)28(4)29(34)16-21-37(32,36)8/h26-32,39H,9-25,38H2,1-8H3,(H,40,41)/t27-,28-,29?,30+,31?,32?,34?,35?,36?,37+/m1/s1. The number of hydrogen-bond donors (Lipinski definition) is 3. The Morgan fingerprint density at radius 3 is 2.29 bits per heavy atom. The molecule has 0 saturated heterocycles. The van der Waals surface area contributed by atoms with Gasteiger partial charge in [0.2, 0.25) is 5.91 Å². The lowest BCUT2D eigenvalue weighted by molar-refractivity contribution is -0.198. The molecular formula is C37H69N3O. The first-order valence-corrected chi connectivity index (χ1v) is 18.0. The summed E-state index contributed by atoms with van der Waals surface area (Å²) in [6, 6.07) is 0. The molecule has 41 heavy (non-hydrogen) atoms. The molecule has 10 atom stereocenters. The zero-order valence-corrected chi connectivity index (χ0v) is 28.5. The summed E-state index contributed by atoms with van der Waals surface area (Å²) in [4.78, 5) is 14.2. The summed E-state index contributed by atoms with van der Waals surface area (Å²) in [5, 5.41) is 6.92. The molecule has 238 valence electrons. The van der Waals surface area contributed by atoms with Gasteiger partial charge in [0.05, 0.1) is 0 Å². The zero-order chi connectivity index (χ0) is 30.1. The van der Waals surface area contributed by atoms with E-state index < -0.39 is 0 Å². The molecule has 0 heterocycles. The number of carbonyl (C=O) groups is 1. The first-order chi connectivity index (χ1) is 19.3. The molecule has 4 rings (SSSR count). The predicted octanol–water partition coefficient (Wildman–Crippen LogP) is 8.19. The van der Waals surface area contributed by atoms with Crippen molar-refractivity contribution in [2.24, 2.45) is 68.8 Å². The Morgan fingerprint density at radius 2 is 1.59 bits per heavy atom. The quantitative estimate of drug-likeness (QED) is 0.195. The second-order valence-electron chi connectivity index (χ2n) is 16.9. The third-order valence-corrected chi connectivity index (χ3v) is 14.6. The fourth-order valence-corrected chi connectivity index (χ4v) is 11.6. The van der Waals surface area contributed by atoms with Crippen LogP contribution in [-0.4, -0.2) is 32.1 Å². The number of carbonyl (C=O) groups excluding carboxylic acids is 1. The smallest absolute Gasteiger partial charge is 0.226 e. The van der Waals surface area contributed by atoms with E-state index in [1.165, 1.54) is 57.8 Å². The number of amides is 1. The fourth-order valence-electron chi connectivity index (χ4n) is 11.6. The highest BCUT2D eigenvalue weighted by atomic mass is 16.2. The van der Waals surface area contributed by atoms with Crippen LogP contribution in [-0.2, 0) is 4.79 Å². The molecule has 4 fully saturated rings. The first-order valence-electron chi connectivity index (χ1n) is 18.0. The Hall–Kier alpha value is -0.610. The molecule has 4 saturated carbocycles. The second kappa shape index (κ2) is 13.2. The number of hydrogen-bond acceptors (Lipinski definition) is 3. The van der Waals surface area contributed by atoms with E-state index in [1.54, 1.807) is 0 Å². The van der Waals surface area contributed by atoms with E-state index in [-0.39, 0.29) is 5.41 Å². The predicted molar refractivity (Wildman–Crippen MR) is 175 cm³/mol. The van der Waals surface area contributed by atoms with Crippen LogP contribution >= 0.6 is 0 Å². The Morgan fingerprint density at radius 1 is 0.878 bits per heavy atom. The van der Waals surface area contributed by atoms with Gasteiger partial charge >= 0.3 is 0 Å². The highest BCUT2D eigenvalue weighted by Gasteiger charge is 2.68. The van der Waals surface area contributed by atoms with Gasteiger partial charge in [-0.05, 0) is 148 Å². The third kappa shape index (κ3) is 6.05.